The zero-order valence-electron chi connectivity index (χ0n) is 10.1. The van der Waals surface area contributed by atoms with Crippen molar-refractivity contribution < 1.29 is 9.59 Å². The molecule has 3 atom stereocenters. The normalized spacial score (nSPS) is 25.5. The molecule has 17 heavy (non-hydrogen) atoms. The van der Waals surface area contributed by atoms with Crippen LogP contribution in [0.2, 0.25) is 0 Å². The smallest absolute Gasteiger partial charge is 0.237 e. The molecule has 2 amide bonds. The van der Waals surface area contributed by atoms with Gasteiger partial charge in [0.25, 0.3) is 0 Å². The minimum Gasteiger partial charge on any atom is -0.369 e. The highest BCUT2D eigenvalue weighted by atomic mass is 35.5. The molecule has 0 bridgehead atoms. The van der Waals surface area contributed by atoms with Crippen LogP contribution in [0.3, 0.4) is 0 Å². The second-order valence-electron chi connectivity index (χ2n) is 4.42. The Bertz CT molecular complexity index is 273. The van der Waals surface area contributed by atoms with Gasteiger partial charge >= 0.3 is 0 Å². The van der Waals surface area contributed by atoms with Crippen molar-refractivity contribution >= 4 is 24.2 Å². The van der Waals surface area contributed by atoms with E-state index in [0.29, 0.717) is 6.42 Å². The first-order valence-corrected chi connectivity index (χ1v) is 5.91. The fraction of sp³-hybridized carbons (Fsp3) is 0.818. The largest absolute Gasteiger partial charge is 0.369 e. The molecule has 5 N–H and O–H groups in total. The first kappa shape index (κ1) is 16.2. The number of rotatable bonds is 4. The highest BCUT2D eigenvalue weighted by Crippen LogP contribution is 2.24. The number of halogens is 1. The minimum absolute atomic E-state index is 0. The number of carbonyl (C=O) groups is 2. The Hall–Kier alpha value is -0.810. The van der Waals surface area contributed by atoms with Crippen molar-refractivity contribution in [2.45, 2.75) is 51.1 Å². The highest BCUT2D eigenvalue weighted by Gasteiger charge is 2.31. The minimum atomic E-state index is -0.490. The molecule has 0 heterocycles. The van der Waals surface area contributed by atoms with Crippen LogP contribution in [0.1, 0.15) is 39.0 Å². The van der Waals surface area contributed by atoms with Gasteiger partial charge in [-0.05, 0) is 19.3 Å². The average Bonchev–Trinajstić information content (AvgIpc) is 2.28. The zero-order chi connectivity index (χ0) is 12.1. The summed E-state index contributed by atoms with van der Waals surface area (Å²) in [5.41, 5.74) is 10.9. The predicted molar refractivity (Wildman–Crippen MR) is 68.6 cm³/mol. The van der Waals surface area contributed by atoms with Crippen molar-refractivity contribution in [2.75, 3.05) is 0 Å². The van der Waals surface area contributed by atoms with Crippen molar-refractivity contribution in [1.29, 1.82) is 0 Å². The summed E-state index contributed by atoms with van der Waals surface area (Å²) in [5.74, 6) is -0.738. The second kappa shape index (κ2) is 7.50. The molecule has 2 unspecified atom stereocenters. The van der Waals surface area contributed by atoms with Crippen LogP contribution in [0, 0.1) is 5.92 Å². The van der Waals surface area contributed by atoms with E-state index in [2.05, 4.69) is 5.32 Å². The van der Waals surface area contributed by atoms with Crippen LogP contribution in [0.5, 0.6) is 0 Å². The van der Waals surface area contributed by atoms with E-state index in [1.807, 2.05) is 6.92 Å². The molecule has 6 heteroatoms. The molecule has 1 saturated carbocycles. The van der Waals surface area contributed by atoms with Gasteiger partial charge in [0, 0.05) is 6.04 Å². The Balaban J connectivity index is 0.00000256. The van der Waals surface area contributed by atoms with Gasteiger partial charge in [-0.2, -0.15) is 0 Å². The maximum atomic E-state index is 11.6. The molecule has 1 fully saturated rings. The average molecular weight is 264 g/mol. The molecule has 0 spiro atoms. The van der Waals surface area contributed by atoms with Crippen LogP contribution < -0.4 is 16.8 Å². The van der Waals surface area contributed by atoms with Crippen molar-refractivity contribution in [1.82, 2.24) is 5.32 Å². The Kier molecular flexibility index (Phi) is 7.15. The van der Waals surface area contributed by atoms with Gasteiger partial charge in [-0.25, -0.2) is 0 Å². The maximum absolute atomic E-state index is 11.6. The number of nitrogens with two attached hydrogens (primary N) is 2. The van der Waals surface area contributed by atoms with Gasteiger partial charge in [0.1, 0.15) is 0 Å². The van der Waals surface area contributed by atoms with Crippen molar-refractivity contribution in [3.8, 4) is 0 Å². The van der Waals surface area contributed by atoms with E-state index in [-0.39, 0.29) is 36.2 Å². The monoisotopic (exact) mass is 263 g/mol. The number of nitrogens with one attached hydrogen (secondary N) is 1. The quantitative estimate of drug-likeness (QED) is 0.681. The molecule has 0 aromatic rings. The number of carbonyl (C=O) groups excluding carboxylic acids is 2. The molecule has 0 aromatic carbocycles. The Labute approximate surface area is 108 Å². The van der Waals surface area contributed by atoms with Crippen LogP contribution in [-0.2, 0) is 9.59 Å². The summed E-state index contributed by atoms with van der Waals surface area (Å²) in [4.78, 5) is 22.8. The van der Waals surface area contributed by atoms with E-state index >= 15 is 0 Å². The van der Waals surface area contributed by atoms with Crippen LogP contribution >= 0.6 is 12.4 Å². The molecular formula is C11H22ClN3O2. The van der Waals surface area contributed by atoms with E-state index in [4.69, 9.17) is 11.5 Å². The fourth-order valence-electron chi connectivity index (χ4n) is 2.12. The molecule has 100 valence electrons. The summed E-state index contributed by atoms with van der Waals surface area (Å²) in [6, 6.07) is -0.619. The standard InChI is InChI=1S/C11H21N3O2.ClH/c1-2-8(12)11(16)14-9-6-4-3-5-7(9)10(13)15;/h7-9H,2-6,12H2,1H3,(H2,13,15)(H,14,16);1H/t7?,8-,9?;/m0./s1. The van der Waals surface area contributed by atoms with Gasteiger partial charge in [0.15, 0.2) is 0 Å². The van der Waals surface area contributed by atoms with Gasteiger partial charge < -0.3 is 16.8 Å². The molecule has 0 aliphatic heterocycles. The van der Waals surface area contributed by atoms with E-state index in [1.54, 1.807) is 0 Å². The van der Waals surface area contributed by atoms with Crippen LogP contribution in [0.25, 0.3) is 0 Å². The van der Waals surface area contributed by atoms with Crippen LogP contribution in [-0.4, -0.2) is 23.9 Å². The number of primary amides is 1. The number of amides is 2. The van der Waals surface area contributed by atoms with Gasteiger partial charge in [-0.15, -0.1) is 12.4 Å². The SMILES string of the molecule is CC[C@H](N)C(=O)NC1CCCCC1C(N)=O.Cl. The van der Waals surface area contributed by atoms with E-state index in [9.17, 15) is 9.59 Å². The van der Waals surface area contributed by atoms with Gasteiger partial charge in [0.05, 0.1) is 12.0 Å². The Morgan fingerprint density at radius 3 is 2.47 bits per heavy atom. The van der Waals surface area contributed by atoms with Crippen LogP contribution in [0.4, 0.5) is 0 Å². The van der Waals surface area contributed by atoms with E-state index < -0.39 is 6.04 Å². The Morgan fingerprint density at radius 2 is 1.94 bits per heavy atom. The topological polar surface area (TPSA) is 98.2 Å². The molecular weight excluding hydrogens is 242 g/mol. The summed E-state index contributed by atoms with van der Waals surface area (Å²) < 4.78 is 0. The first-order valence-electron chi connectivity index (χ1n) is 5.91. The third kappa shape index (κ3) is 4.52. The fourth-order valence-corrected chi connectivity index (χ4v) is 2.12. The molecule has 0 radical (unpaired) electrons. The summed E-state index contributed by atoms with van der Waals surface area (Å²) in [6.45, 7) is 1.86. The van der Waals surface area contributed by atoms with E-state index in [1.165, 1.54) is 0 Å². The maximum Gasteiger partial charge on any atom is 0.237 e. The summed E-state index contributed by atoms with van der Waals surface area (Å²) in [6.07, 6.45) is 4.20. The molecule has 1 rings (SSSR count). The van der Waals surface area contributed by atoms with E-state index in [0.717, 1.165) is 25.7 Å². The van der Waals surface area contributed by atoms with Gasteiger partial charge in [-0.3, -0.25) is 9.59 Å². The summed E-state index contributed by atoms with van der Waals surface area (Å²) in [5, 5.41) is 2.84. The summed E-state index contributed by atoms with van der Waals surface area (Å²) in [7, 11) is 0. The molecule has 5 nitrogen and oxygen atoms in total. The molecule has 0 aromatic heterocycles. The number of hydrogen-bond donors (Lipinski definition) is 3. The number of hydrogen-bond acceptors (Lipinski definition) is 3. The lowest BCUT2D eigenvalue weighted by Gasteiger charge is -2.30. The van der Waals surface area contributed by atoms with Crippen molar-refractivity contribution in [3.05, 3.63) is 0 Å². The van der Waals surface area contributed by atoms with Crippen molar-refractivity contribution in [3.63, 3.8) is 0 Å². The highest BCUT2D eigenvalue weighted by molar-refractivity contribution is 5.85. The van der Waals surface area contributed by atoms with Gasteiger partial charge in [-0.1, -0.05) is 19.8 Å². The van der Waals surface area contributed by atoms with Gasteiger partial charge in [0.2, 0.25) is 11.8 Å². The molecule has 0 saturated heterocycles. The third-order valence-corrected chi connectivity index (χ3v) is 3.24. The molecule has 1 aliphatic rings. The summed E-state index contributed by atoms with van der Waals surface area (Å²) >= 11 is 0. The second-order valence-corrected chi connectivity index (χ2v) is 4.42. The van der Waals surface area contributed by atoms with Crippen molar-refractivity contribution in [2.24, 2.45) is 17.4 Å². The predicted octanol–water partition coefficient (Wildman–Crippen LogP) is 0.306. The first-order chi connectivity index (χ1) is 7.56. The lowest BCUT2D eigenvalue weighted by molar-refractivity contribution is -0.126. The third-order valence-electron chi connectivity index (χ3n) is 3.24. The Morgan fingerprint density at radius 1 is 1.35 bits per heavy atom. The molecule has 1 aliphatic carbocycles. The van der Waals surface area contributed by atoms with Crippen LogP contribution in [0.15, 0.2) is 0 Å². The lowest BCUT2D eigenvalue weighted by atomic mass is 9.84. The zero-order valence-corrected chi connectivity index (χ0v) is 11.0. The lowest BCUT2D eigenvalue weighted by Crippen LogP contribution is -2.51.